The molecular formula is C15H21NO4Pt. The summed E-state index contributed by atoms with van der Waals surface area (Å²) in [6, 6.07) is 3.49. The quantitative estimate of drug-likeness (QED) is 0.680. The van der Waals surface area contributed by atoms with Crippen LogP contribution in [0.3, 0.4) is 0 Å². The molecule has 2 rings (SSSR count). The summed E-state index contributed by atoms with van der Waals surface area (Å²) in [5.74, 6) is 0.562. The van der Waals surface area contributed by atoms with E-state index in [0.717, 1.165) is 17.5 Å². The first kappa shape index (κ1) is 17.8. The van der Waals surface area contributed by atoms with Crippen molar-refractivity contribution in [3.63, 3.8) is 0 Å². The van der Waals surface area contributed by atoms with Gasteiger partial charge < -0.3 is 19.5 Å². The van der Waals surface area contributed by atoms with Gasteiger partial charge >= 0.3 is 6.09 Å². The fourth-order valence-electron chi connectivity index (χ4n) is 2.22. The number of aromatic hydroxyl groups is 1. The second-order valence-electron chi connectivity index (χ2n) is 5.94. The Balaban J connectivity index is 0.00000220. The van der Waals surface area contributed by atoms with Crippen molar-refractivity contribution in [2.24, 2.45) is 0 Å². The van der Waals surface area contributed by atoms with Crippen molar-refractivity contribution in [3.8, 4) is 11.5 Å². The van der Waals surface area contributed by atoms with E-state index in [4.69, 9.17) is 9.47 Å². The maximum atomic E-state index is 12.0. The van der Waals surface area contributed by atoms with Gasteiger partial charge in [0.05, 0.1) is 7.11 Å². The van der Waals surface area contributed by atoms with Gasteiger partial charge in [0, 0.05) is 34.2 Å². The molecule has 0 unspecified atom stereocenters. The summed E-state index contributed by atoms with van der Waals surface area (Å²) in [5.41, 5.74) is 1.53. The Hall–Kier alpha value is -1.22. The molecule has 0 spiro atoms. The monoisotopic (exact) mass is 474 g/mol. The Morgan fingerprint density at radius 2 is 1.95 bits per heavy atom. The maximum absolute atomic E-state index is 12.0. The number of methoxy groups -OCH3 is 1. The smallest absolute Gasteiger partial charge is 0.410 e. The molecule has 21 heavy (non-hydrogen) atoms. The molecule has 0 saturated carbocycles. The maximum Gasteiger partial charge on any atom is 0.410 e. The van der Waals surface area contributed by atoms with Crippen molar-refractivity contribution in [1.82, 2.24) is 4.90 Å². The van der Waals surface area contributed by atoms with Gasteiger partial charge in [-0.3, -0.25) is 0 Å². The number of phenolic OH excluding ortho intramolecular Hbond substituents is 1. The number of phenols is 1. The van der Waals surface area contributed by atoms with E-state index in [1.54, 1.807) is 11.0 Å². The molecule has 0 radical (unpaired) electrons. The molecule has 0 bridgehead atoms. The van der Waals surface area contributed by atoms with Crippen molar-refractivity contribution < 1.29 is 40.4 Å². The molecule has 1 aromatic carbocycles. The summed E-state index contributed by atoms with van der Waals surface area (Å²) in [4.78, 5) is 13.7. The number of fused-ring (bicyclic) bond motifs is 1. The number of ether oxygens (including phenoxy) is 2. The SMILES string of the molecule is COc1cc2c(cc1O)CN(C(=O)OC(C)(C)C)CC2.[Pt]. The largest absolute Gasteiger partial charge is 0.504 e. The van der Waals surface area contributed by atoms with Gasteiger partial charge in [-0.05, 0) is 50.5 Å². The van der Waals surface area contributed by atoms with Gasteiger partial charge in [-0.15, -0.1) is 0 Å². The summed E-state index contributed by atoms with van der Waals surface area (Å²) in [6.07, 6.45) is 0.407. The average Bonchev–Trinajstić information content (AvgIpc) is 2.35. The molecule has 1 heterocycles. The number of nitrogens with zero attached hydrogens (tertiary/aromatic N) is 1. The minimum Gasteiger partial charge on any atom is -0.504 e. The van der Waals surface area contributed by atoms with Crippen molar-refractivity contribution in [2.75, 3.05) is 13.7 Å². The van der Waals surface area contributed by atoms with Gasteiger partial charge in [-0.2, -0.15) is 0 Å². The zero-order chi connectivity index (χ0) is 14.9. The second kappa shape index (κ2) is 6.69. The number of hydrogen-bond donors (Lipinski definition) is 1. The van der Waals surface area contributed by atoms with Crippen molar-refractivity contribution in [3.05, 3.63) is 23.3 Å². The van der Waals surface area contributed by atoms with Gasteiger partial charge in [0.1, 0.15) is 5.60 Å². The summed E-state index contributed by atoms with van der Waals surface area (Å²) < 4.78 is 10.5. The van der Waals surface area contributed by atoms with Gasteiger partial charge in [0.2, 0.25) is 0 Å². The number of benzene rings is 1. The number of rotatable bonds is 1. The van der Waals surface area contributed by atoms with Crippen LogP contribution in [0, 0.1) is 0 Å². The van der Waals surface area contributed by atoms with E-state index < -0.39 is 5.60 Å². The predicted octanol–water partition coefficient (Wildman–Crippen LogP) is 2.69. The first-order chi connectivity index (χ1) is 9.30. The molecule has 1 N–H and O–H groups in total. The van der Waals surface area contributed by atoms with Crippen molar-refractivity contribution in [1.29, 1.82) is 0 Å². The van der Waals surface area contributed by atoms with Crippen LogP contribution >= 0.6 is 0 Å². The molecule has 6 heteroatoms. The van der Waals surface area contributed by atoms with Crippen LogP contribution in [-0.4, -0.2) is 35.4 Å². The fourth-order valence-corrected chi connectivity index (χ4v) is 2.22. The van der Waals surface area contributed by atoms with Crippen molar-refractivity contribution >= 4 is 6.09 Å². The van der Waals surface area contributed by atoms with E-state index in [1.165, 1.54) is 7.11 Å². The van der Waals surface area contributed by atoms with E-state index in [0.29, 0.717) is 18.8 Å². The van der Waals surface area contributed by atoms with Crippen LogP contribution < -0.4 is 4.74 Å². The van der Waals surface area contributed by atoms with Gasteiger partial charge in [-0.25, -0.2) is 4.79 Å². The second-order valence-corrected chi connectivity index (χ2v) is 5.94. The van der Waals surface area contributed by atoms with Crippen molar-refractivity contribution in [2.45, 2.75) is 39.3 Å². The Morgan fingerprint density at radius 3 is 2.52 bits per heavy atom. The summed E-state index contributed by atoms with van der Waals surface area (Å²) in [6.45, 7) is 6.59. The van der Waals surface area contributed by atoms with Gasteiger partial charge in [-0.1, -0.05) is 0 Å². The summed E-state index contributed by atoms with van der Waals surface area (Å²) in [5, 5.41) is 9.82. The summed E-state index contributed by atoms with van der Waals surface area (Å²) in [7, 11) is 1.53. The van der Waals surface area contributed by atoms with E-state index in [1.807, 2.05) is 26.8 Å². The topological polar surface area (TPSA) is 59.0 Å². The molecule has 0 aliphatic carbocycles. The number of amides is 1. The third-order valence-corrected chi connectivity index (χ3v) is 3.17. The minimum atomic E-state index is -0.501. The average molecular weight is 474 g/mol. The van der Waals surface area contributed by atoms with Crippen LogP contribution in [-0.2, 0) is 38.8 Å². The number of hydrogen-bond acceptors (Lipinski definition) is 4. The molecule has 0 aromatic heterocycles. The standard InChI is InChI=1S/C15H21NO4.Pt/c1-15(2,3)20-14(18)16-6-5-10-8-13(19-4)12(17)7-11(10)9-16;/h7-8,17H,5-6,9H2,1-4H3;. The van der Waals surface area contributed by atoms with E-state index in [9.17, 15) is 9.90 Å². The number of carbonyl (C=O) groups is 1. The Bertz CT molecular complexity index is 525. The third-order valence-electron chi connectivity index (χ3n) is 3.17. The Morgan fingerprint density at radius 1 is 1.29 bits per heavy atom. The molecule has 5 nitrogen and oxygen atoms in total. The molecule has 1 aliphatic rings. The molecular weight excluding hydrogens is 453 g/mol. The first-order valence-corrected chi connectivity index (χ1v) is 6.67. The Labute approximate surface area is 139 Å². The van der Waals surface area contributed by atoms with Crippen LogP contribution in [0.1, 0.15) is 31.9 Å². The molecule has 120 valence electrons. The molecule has 0 atom stereocenters. The zero-order valence-corrected chi connectivity index (χ0v) is 15.0. The molecule has 1 amide bonds. The van der Waals surface area contributed by atoms with E-state index in [2.05, 4.69) is 0 Å². The molecule has 1 aliphatic heterocycles. The van der Waals surface area contributed by atoms with Gasteiger partial charge in [0.15, 0.2) is 11.5 Å². The third kappa shape index (κ3) is 4.37. The van der Waals surface area contributed by atoms with Crippen LogP contribution in [0.5, 0.6) is 11.5 Å². The first-order valence-electron chi connectivity index (χ1n) is 6.67. The normalized spacial score (nSPS) is 14.0. The summed E-state index contributed by atoms with van der Waals surface area (Å²) >= 11 is 0. The fraction of sp³-hybridized carbons (Fsp3) is 0.533. The minimum absolute atomic E-state index is 0. The van der Waals surface area contributed by atoms with Gasteiger partial charge in [0.25, 0.3) is 0 Å². The zero-order valence-electron chi connectivity index (χ0n) is 12.7. The van der Waals surface area contributed by atoms with E-state index >= 15 is 0 Å². The van der Waals surface area contributed by atoms with Crippen LogP contribution in [0.25, 0.3) is 0 Å². The van der Waals surface area contributed by atoms with Crippen LogP contribution in [0.4, 0.5) is 4.79 Å². The predicted molar refractivity (Wildman–Crippen MR) is 75.0 cm³/mol. The Kier molecular flexibility index (Phi) is 5.68. The molecule has 0 fully saturated rings. The van der Waals surface area contributed by atoms with Crippen LogP contribution in [0.15, 0.2) is 12.1 Å². The molecule has 0 saturated heterocycles. The number of carbonyl (C=O) groups excluding carboxylic acids is 1. The van der Waals surface area contributed by atoms with E-state index in [-0.39, 0.29) is 32.9 Å². The van der Waals surface area contributed by atoms with Crippen LogP contribution in [0.2, 0.25) is 0 Å². The molecule has 1 aromatic rings.